The van der Waals surface area contributed by atoms with E-state index in [4.69, 9.17) is 0 Å². The van der Waals surface area contributed by atoms with E-state index in [9.17, 15) is 5.11 Å². The molecule has 0 radical (unpaired) electrons. The maximum atomic E-state index is 10.9. The van der Waals surface area contributed by atoms with Crippen LogP contribution in [0.1, 0.15) is 28.8 Å². The number of hydrogen-bond acceptors (Lipinski definition) is 5. The number of pyridine rings is 1. The molecular weight excluding hydrogens is 342 g/mol. The Morgan fingerprint density at radius 1 is 1.12 bits per heavy atom. The van der Waals surface area contributed by atoms with Gasteiger partial charge in [-0.1, -0.05) is 30.3 Å². The number of piperidine rings is 1. The van der Waals surface area contributed by atoms with Gasteiger partial charge in [0.05, 0.1) is 5.60 Å². The summed E-state index contributed by atoms with van der Waals surface area (Å²) in [6.45, 7) is 4.78. The molecule has 1 aliphatic heterocycles. The lowest BCUT2D eigenvalue weighted by atomic mass is 9.85. The molecule has 0 saturated carbocycles. The number of rotatable bonds is 4. The van der Waals surface area contributed by atoms with Crippen LogP contribution in [0, 0.1) is 6.92 Å². The summed E-state index contributed by atoms with van der Waals surface area (Å²) in [5.74, 6) is 0. The quantitative estimate of drug-likeness (QED) is 0.759. The molecule has 26 heavy (non-hydrogen) atoms. The van der Waals surface area contributed by atoms with Crippen molar-refractivity contribution in [2.75, 3.05) is 13.1 Å². The summed E-state index contributed by atoms with van der Waals surface area (Å²) in [5, 5.41) is 12.0. The van der Waals surface area contributed by atoms with Gasteiger partial charge in [-0.2, -0.15) is 0 Å². The summed E-state index contributed by atoms with van der Waals surface area (Å²) in [6.07, 6.45) is 7.00. The number of nitrogens with zero attached hydrogens (tertiary/aromatic N) is 3. The van der Waals surface area contributed by atoms with E-state index >= 15 is 0 Å². The van der Waals surface area contributed by atoms with Crippen molar-refractivity contribution in [3.8, 4) is 10.6 Å². The Bertz CT molecular complexity index is 870. The lowest BCUT2D eigenvalue weighted by Crippen LogP contribution is -2.42. The molecule has 134 valence electrons. The summed E-state index contributed by atoms with van der Waals surface area (Å²) in [4.78, 5) is 12.4. The molecule has 1 saturated heterocycles. The standard InChI is InChI=1S/C21H23N3OS/c1-16-5-2-3-7-19(16)20-23-14-18(26-20)15-24-11-8-21(25,9-12-24)17-6-4-10-22-13-17/h2-7,10,13-14,25H,8-9,11-12,15H2,1H3. The Morgan fingerprint density at radius 2 is 1.92 bits per heavy atom. The van der Waals surface area contributed by atoms with Crippen LogP contribution in [0.3, 0.4) is 0 Å². The van der Waals surface area contributed by atoms with E-state index in [2.05, 4.69) is 46.1 Å². The van der Waals surface area contributed by atoms with Gasteiger partial charge in [-0.05, 0) is 31.4 Å². The molecule has 4 rings (SSSR count). The van der Waals surface area contributed by atoms with Crippen LogP contribution in [-0.2, 0) is 12.1 Å². The fourth-order valence-corrected chi connectivity index (χ4v) is 4.59. The van der Waals surface area contributed by atoms with E-state index < -0.39 is 5.60 Å². The first-order chi connectivity index (χ1) is 12.6. The van der Waals surface area contributed by atoms with E-state index in [1.54, 1.807) is 23.7 Å². The van der Waals surface area contributed by atoms with Crippen molar-refractivity contribution in [3.05, 3.63) is 71.0 Å². The van der Waals surface area contributed by atoms with Crippen molar-refractivity contribution >= 4 is 11.3 Å². The monoisotopic (exact) mass is 365 g/mol. The first-order valence-electron chi connectivity index (χ1n) is 9.00. The van der Waals surface area contributed by atoms with Crippen LogP contribution in [0.25, 0.3) is 10.6 Å². The minimum absolute atomic E-state index is 0.738. The van der Waals surface area contributed by atoms with E-state index in [1.165, 1.54) is 16.0 Å². The zero-order chi connectivity index (χ0) is 18.0. The third-order valence-electron chi connectivity index (χ3n) is 5.19. The van der Waals surface area contributed by atoms with Gasteiger partial charge < -0.3 is 5.11 Å². The Morgan fingerprint density at radius 3 is 2.65 bits per heavy atom. The second-order valence-electron chi connectivity index (χ2n) is 7.00. The molecule has 2 aromatic heterocycles. The molecule has 0 unspecified atom stereocenters. The van der Waals surface area contributed by atoms with Crippen molar-refractivity contribution in [2.45, 2.75) is 31.9 Å². The predicted octanol–water partition coefficient (Wildman–Crippen LogP) is 4.00. The minimum Gasteiger partial charge on any atom is -0.385 e. The van der Waals surface area contributed by atoms with Gasteiger partial charge in [0.25, 0.3) is 0 Å². The summed E-state index contributed by atoms with van der Waals surface area (Å²) in [7, 11) is 0. The number of aromatic nitrogens is 2. The fourth-order valence-electron chi connectivity index (χ4n) is 3.55. The zero-order valence-corrected chi connectivity index (χ0v) is 15.7. The van der Waals surface area contributed by atoms with Crippen LogP contribution in [-0.4, -0.2) is 33.1 Å². The van der Waals surface area contributed by atoms with Crippen molar-refractivity contribution in [2.24, 2.45) is 0 Å². The average Bonchev–Trinajstić information content (AvgIpc) is 3.13. The van der Waals surface area contributed by atoms with Crippen molar-refractivity contribution < 1.29 is 5.11 Å². The molecular formula is C21H23N3OS. The van der Waals surface area contributed by atoms with Gasteiger partial charge in [0.2, 0.25) is 0 Å². The minimum atomic E-state index is -0.745. The molecule has 0 spiro atoms. The SMILES string of the molecule is Cc1ccccc1-c1ncc(CN2CCC(O)(c3cccnc3)CC2)s1. The van der Waals surface area contributed by atoms with Gasteiger partial charge in [-0.25, -0.2) is 4.98 Å². The molecule has 1 aliphatic rings. The van der Waals surface area contributed by atoms with Gasteiger partial charge >= 0.3 is 0 Å². The number of hydrogen-bond donors (Lipinski definition) is 1. The molecule has 0 bridgehead atoms. The molecule has 1 aromatic carbocycles. The fraction of sp³-hybridized carbons (Fsp3) is 0.333. The number of benzene rings is 1. The van der Waals surface area contributed by atoms with Crippen LogP contribution in [0.2, 0.25) is 0 Å². The number of aryl methyl sites for hydroxylation is 1. The van der Waals surface area contributed by atoms with E-state index in [-0.39, 0.29) is 0 Å². The molecule has 4 nitrogen and oxygen atoms in total. The first kappa shape index (κ1) is 17.3. The predicted molar refractivity (Wildman–Crippen MR) is 105 cm³/mol. The van der Waals surface area contributed by atoms with E-state index in [0.29, 0.717) is 0 Å². The van der Waals surface area contributed by atoms with Gasteiger partial charge in [0, 0.05) is 54.2 Å². The molecule has 0 amide bonds. The van der Waals surface area contributed by atoms with Gasteiger partial charge in [0.1, 0.15) is 5.01 Å². The number of aliphatic hydroxyl groups is 1. The summed E-state index contributed by atoms with van der Waals surface area (Å²) < 4.78 is 0. The highest BCUT2D eigenvalue weighted by atomic mass is 32.1. The maximum absolute atomic E-state index is 10.9. The second-order valence-corrected chi connectivity index (χ2v) is 8.11. The normalized spacial score (nSPS) is 17.3. The highest BCUT2D eigenvalue weighted by Gasteiger charge is 2.34. The molecule has 1 N–H and O–H groups in total. The highest BCUT2D eigenvalue weighted by Crippen LogP contribution is 2.34. The second kappa shape index (κ2) is 7.27. The molecule has 3 heterocycles. The van der Waals surface area contributed by atoms with Crippen LogP contribution < -0.4 is 0 Å². The number of thiazole rings is 1. The molecule has 0 aliphatic carbocycles. The average molecular weight is 366 g/mol. The molecule has 0 atom stereocenters. The van der Waals surface area contributed by atoms with Crippen LogP contribution in [0.15, 0.2) is 55.0 Å². The maximum Gasteiger partial charge on any atom is 0.123 e. The Kier molecular flexibility index (Phi) is 4.85. The Hall–Kier alpha value is -2.08. The summed E-state index contributed by atoms with van der Waals surface area (Å²) in [6, 6.07) is 12.2. The van der Waals surface area contributed by atoms with Crippen LogP contribution in [0.4, 0.5) is 0 Å². The van der Waals surface area contributed by atoms with Gasteiger partial charge in [-0.15, -0.1) is 11.3 Å². The van der Waals surface area contributed by atoms with Crippen molar-refractivity contribution in [3.63, 3.8) is 0 Å². The molecule has 5 heteroatoms. The molecule has 1 fully saturated rings. The molecule has 3 aromatic rings. The van der Waals surface area contributed by atoms with Crippen LogP contribution >= 0.6 is 11.3 Å². The smallest absolute Gasteiger partial charge is 0.123 e. The lowest BCUT2D eigenvalue weighted by molar-refractivity contribution is -0.0277. The topological polar surface area (TPSA) is 49.2 Å². The third-order valence-corrected chi connectivity index (χ3v) is 6.21. The van der Waals surface area contributed by atoms with Crippen LogP contribution in [0.5, 0.6) is 0 Å². The van der Waals surface area contributed by atoms with Gasteiger partial charge in [0.15, 0.2) is 0 Å². The lowest BCUT2D eigenvalue weighted by Gasteiger charge is -2.38. The Balaban J connectivity index is 1.40. The van der Waals surface area contributed by atoms with Crippen molar-refractivity contribution in [1.82, 2.24) is 14.9 Å². The van der Waals surface area contributed by atoms with E-state index in [0.717, 1.165) is 43.0 Å². The zero-order valence-electron chi connectivity index (χ0n) is 14.9. The first-order valence-corrected chi connectivity index (χ1v) is 9.82. The van der Waals surface area contributed by atoms with Gasteiger partial charge in [-0.3, -0.25) is 9.88 Å². The third kappa shape index (κ3) is 3.56. The Labute approximate surface area is 158 Å². The summed E-state index contributed by atoms with van der Waals surface area (Å²) in [5.41, 5.74) is 2.66. The van der Waals surface area contributed by atoms with E-state index in [1.807, 2.05) is 18.3 Å². The summed E-state index contributed by atoms with van der Waals surface area (Å²) >= 11 is 1.76. The largest absolute Gasteiger partial charge is 0.385 e. The highest BCUT2D eigenvalue weighted by molar-refractivity contribution is 7.15. The van der Waals surface area contributed by atoms with Crippen molar-refractivity contribution in [1.29, 1.82) is 0 Å². The number of likely N-dealkylation sites (tertiary alicyclic amines) is 1.